The quantitative estimate of drug-likeness (QED) is 0.655. The molecular formula is C17H22N2O6S. The fourth-order valence-electron chi connectivity index (χ4n) is 2.93. The Morgan fingerprint density at radius 1 is 1.08 bits per heavy atom. The van der Waals surface area contributed by atoms with E-state index in [9.17, 15) is 19.5 Å². The molecule has 1 fully saturated rings. The molecule has 9 heteroatoms. The number of benzene rings is 1. The smallest absolute Gasteiger partial charge is 0.412 e. The Kier molecular flexibility index (Phi) is 6.87. The number of esters is 1. The molecule has 0 unspecified atom stereocenters. The minimum atomic E-state index is -1.10. The summed E-state index contributed by atoms with van der Waals surface area (Å²) in [6.45, 7) is 2.53. The molecule has 1 aliphatic carbocycles. The third-order valence-electron chi connectivity index (χ3n) is 3.91. The van der Waals surface area contributed by atoms with Crippen molar-refractivity contribution in [3.05, 3.63) is 30.3 Å². The Bertz CT molecular complexity index is 656. The van der Waals surface area contributed by atoms with Gasteiger partial charge in [-0.1, -0.05) is 18.2 Å². The minimum absolute atomic E-state index is 0.346. The summed E-state index contributed by atoms with van der Waals surface area (Å²) in [5, 5.41) is 15.2. The summed E-state index contributed by atoms with van der Waals surface area (Å²) in [6.07, 6.45) is -2.23. The monoisotopic (exact) mass is 382 g/mol. The number of para-hydroxylation sites is 1. The lowest BCUT2D eigenvalue weighted by molar-refractivity contribution is -0.156. The number of carbonyl (C=O) groups is 3. The molecule has 8 nitrogen and oxygen atoms in total. The summed E-state index contributed by atoms with van der Waals surface area (Å²) in [7, 11) is 0. The van der Waals surface area contributed by atoms with Gasteiger partial charge >= 0.3 is 12.1 Å². The molecule has 0 bridgehead atoms. The van der Waals surface area contributed by atoms with E-state index >= 15 is 0 Å². The summed E-state index contributed by atoms with van der Waals surface area (Å²) < 4.78 is 10.6. The molecule has 0 heterocycles. The lowest BCUT2D eigenvalue weighted by Crippen LogP contribution is -2.49. The number of hydrogen-bond donors (Lipinski definition) is 3. The van der Waals surface area contributed by atoms with Gasteiger partial charge in [0.2, 0.25) is 5.91 Å². The van der Waals surface area contributed by atoms with Crippen molar-refractivity contribution in [1.82, 2.24) is 5.32 Å². The number of thioether (sulfide) groups is 1. The SMILES string of the molecule is CS[C@H]1[C@H](O)[C@H](OC(C)=O)[C@H](OC(=O)Nc2ccccc2)[C@@H]1NC(C)=O. The molecular weight excluding hydrogens is 360 g/mol. The summed E-state index contributed by atoms with van der Waals surface area (Å²) >= 11 is 1.29. The average Bonchev–Trinajstić information content (AvgIpc) is 2.79. The Hall–Kier alpha value is -2.26. The second-order valence-electron chi connectivity index (χ2n) is 5.85. The summed E-state index contributed by atoms with van der Waals surface area (Å²) in [5.41, 5.74) is 0.526. The largest absolute Gasteiger partial charge is 0.456 e. The summed E-state index contributed by atoms with van der Waals surface area (Å²) in [6, 6.07) is 7.97. The number of carbonyl (C=O) groups excluding carboxylic acids is 3. The standard InChI is InChI=1S/C17H22N2O6S/c1-9(20)18-12-14(15(24-10(2)21)13(22)16(12)26-3)25-17(23)19-11-7-5-4-6-8-11/h4-8,12-16,22H,1-3H3,(H,18,20)(H,19,23)/t12-,13+,14+,15-,16+/m0/s1. The highest BCUT2D eigenvalue weighted by molar-refractivity contribution is 7.99. The van der Waals surface area contributed by atoms with Gasteiger partial charge in [0.15, 0.2) is 12.2 Å². The molecule has 1 aliphatic rings. The molecule has 1 saturated carbocycles. The van der Waals surface area contributed by atoms with E-state index in [2.05, 4.69) is 10.6 Å². The molecule has 0 aromatic heterocycles. The first-order chi connectivity index (χ1) is 12.3. The van der Waals surface area contributed by atoms with Crippen LogP contribution in [0.4, 0.5) is 10.5 Å². The fourth-order valence-corrected chi connectivity index (χ4v) is 3.88. The molecule has 142 valence electrons. The van der Waals surface area contributed by atoms with Gasteiger partial charge in [-0.05, 0) is 18.4 Å². The van der Waals surface area contributed by atoms with Crippen molar-refractivity contribution >= 4 is 35.4 Å². The Morgan fingerprint density at radius 3 is 2.27 bits per heavy atom. The first-order valence-corrected chi connectivity index (χ1v) is 9.30. The van der Waals surface area contributed by atoms with Crippen molar-refractivity contribution in [3.8, 4) is 0 Å². The van der Waals surface area contributed by atoms with E-state index in [1.165, 1.54) is 25.6 Å². The summed E-state index contributed by atoms with van der Waals surface area (Å²) in [4.78, 5) is 35.2. The fraction of sp³-hybridized carbons (Fsp3) is 0.471. The van der Waals surface area contributed by atoms with E-state index in [4.69, 9.17) is 9.47 Å². The van der Waals surface area contributed by atoms with Crippen LogP contribution in [0.5, 0.6) is 0 Å². The lowest BCUT2D eigenvalue weighted by atomic mass is 10.2. The average molecular weight is 382 g/mol. The highest BCUT2D eigenvalue weighted by Crippen LogP contribution is 2.34. The highest BCUT2D eigenvalue weighted by Gasteiger charge is 2.54. The molecule has 0 saturated heterocycles. The van der Waals surface area contributed by atoms with Gasteiger partial charge in [-0.15, -0.1) is 0 Å². The Morgan fingerprint density at radius 2 is 1.73 bits per heavy atom. The van der Waals surface area contributed by atoms with Crippen molar-refractivity contribution in [2.75, 3.05) is 11.6 Å². The maximum atomic E-state index is 12.3. The molecule has 5 atom stereocenters. The van der Waals surface area contributed by atoms with E-state index in [1.54, 1.807) is 36.6 Å². The lowest BCUT2D eigenvalue weighted by Gasteiger charge is -2.26. The van der Waals surface area contributed by atoms with Gasteiger partial charge < -0.3 is 19.9 Å². The zero-order valence-corrected chi connectivity index (χ0v) is 15.5. The van der Waals surface area contributed by atoms with Gasteiger partial charge in [0.25, 0.3) is 0 Å². The van der Waals surface area contributed by atoms with Crippen LogP contribution < -0.4 is 10.6 Å². The Balaban J connectivity index is 2.20. The van der Waals surface area contributed by atoms with Crippen LogP contribution in [0.15, 0.2) is 30.3 Å². The van der Waals surface area contributed by atoms with Gasteiger partial charge in [0.05, 0.1) is 11.3 Å². The molecule has 2 rings (SSSR count). The number of amides is 2. The maximum absolute atomic E-state index is 12.3. The second kappa shape index (κ2) is 8.91. The van der Waals surface area contributed by atoms with Crippen molar-refractivity contribution in [1.29, 1.82) is 0 Å². The van der Waals surface area contributed by atoms with Crippen LogP contribution in [-0.4, -0.2) is 58.9 Å². The van der Waals surface area contributed by atoms with Crippen LogP contribution >= 0.6 is 11.8 Å². The normalized spacial score (nSPS) is 27.5. The van der Waals surface area contributed by atoms with Crippen molar-refractivity contribution in [2.45, 2.75) is 43.5 Å². The molecule has 2 amide bonds. The summed E-state index contributed by atoms with van der Waals surface area (Å²) in [5.74, 6) is -0.962. The second-order valence-corrected chi connectivity index (χ2v) is 6.87. The van der Waals surface area contributed by atoms with Crippen LogP contribution in [0.25, 0.3) is 0 Å². The Labute approximate surface area is 155 Å². The van der Waals surface area contributed by atoms with E-state index in [0.29, 0.717) is 5.69 Å². The first kappa shape index (κ1) is 20.1. The number of hydrogen-bond acceptors (Lipinski definition) is 7. The van der Waals surface area contributed by atoms with E-state index < -0.39 is 41.7 Å². The molecule has 1 aromatic rings. The van der Waals surface area contributed by atoms with E-state index in [-0.39, 0.29) is 5.91 Å². The van der Waals surface area contributed by atoms with E-state index in [1.807, 2.05) is 0 Å². The predicted octanol–water partition coefficient (Wildman–Crippen LogP) is 1.15. The van der Waals surface area contributed by atoms with Crippen LogP contribution in [-0.2, 0) is 19.1 Å². The number of aliphatic hydroxyl groups excluding tert-OH is 1. The number of aliphatic hydroxyl groups is 1. The zero-order chi connectivity index (χ0) is 19.3. The number of ether oxygens (including phenoxy) is 2. The van der Waals surface area contributed by atoms with Gasteiger partial charge in [-0.25, -0.2) is 4.79 Å². The van der Waals surface area contributed by atoms with Crippen molar-refractivity contribution in [2.24, 2.45) is 0 Å². The highest BCUT2D eigenvalue weighted by atomic mass is 32.2. The van der Waals surface area contributed by atoms with Gasteiger partial charge in [0, 0.05) is 19.5 Å². The van der Waals surface area contributed by atoms with Crippen molar-refractivity contribution in [3.63, 3.8) is 0 Å². The minimum Gasteiger partial charge on any atom is -0.456 e. The van der Waals surface area contributed by atoms with Crippen LogP contribution in [0.1, 0.15) is 13.8 Å². The molecule has 1 aromatic carbocycles. The third-order valence-corrected chi connectivity index (χ3v) is 5.03. The molecule has 0 spiro atoms. The van der Waals surface area contributed by atoms with E-state index in [0.717, 1.165) is 0 Å². The number of rotatable bonds is 5. The molecule has 0 radical (unpaired) electrons. The van der Waals surface area contributed by atoms with Gasteiger partial charge in [0.1, 0.15) is 6.10 Å². The third kappa shape index (κ3) is 4.89. The van der Waals surface area contributed by atoms with Crippen LogP contribution in [0, 0.1) is 0 Å². The number of nitrogens with one attached hydrogen (secondary N) is 2. The predicted molar refractivity (Wildman–Crippen MR) is 96.8 cm³/mol. The number of anilines is 1. The van der Waals surface area contributed by atoms with Crippen LogP contribution in [0.3, 0.4) is 0 Å². The first-order valence-electron chi connectivity index (χ1n) is 8.01. The maximum Gasteiger partial charge on any atom is 0.412 e. The van der Waals surface area contributed by atoms with Crippen LogP contribution in [0.2, 0.25) is 0 Å². The van der Waals surface area contributed by atoms with Gasteiger partial charge in [-0.2, -0.15) is 11.8 Å². The topological polar surface area (TPSA) is 114 Å². The molecule has 0 aliphatic heterocycles. The molecule has 26 heavy (non-hydrogen) atoms. The van der Waals surface area contributed by atoms with Crippen molar-refractivity contribution < 1.29 is 29.0 Å². The van der Waals surface area contributed by atoms with Gasteiger partial charge in [-0.3, -0.25) is 14.9 Å². The zero-order valence-electron chi connectivity index (χ0n) is 14.7. The molecule has 3 N–H and O–H groups in total.